The van der Waals surface area contributed by atoms with Gasteiger partial charge in [0.25, 0.3) is 0 Å². The molecule has 0 spiro atoms. The second kappa shape index (κ2) is 29.7. The summed E-state index contributed by atoms with van der Waals surface area (Å²) >= 11 is 0. The van der Waals surface area contributed by atoms with Gasteiger partial charge in [0.1, 0.15) is 6.10 Å². The van der Waals surface area contributed by atoms with E-state index in [-0.39, 0.29) is 12.1 Å². The molecule has 0 amide bonds. The Bertz CT molecular complexity index is 406. The summed E-state index contributed by atoms with van der Waals surface area (Å²) in [5.41, 5.74) is 0. The molecule has 0 saturated carbocycles. The van der Waals surface area contributed by atoms with Gasteiger partial charge in [-0.05, 0) is 25.7 Å². The van der Waals surface area contributed by atoms with Crippen LogP contribution < -0.4 is 0 Å². The zero-order valence-electron chi connectivity index (χ0n) is 24.7. The molecule has 0 radical (unpaired) electrons. The van der Waals surface area contributed by atoms with Crippen molar-refractivity contribution in [2.75, 3.05) is 0 Å². The largest absolute Gasteiger partial charge is 0.462 e. The molecule has 0 aromatic carbocycles. The predicted molar refractivity (Wildman–Crippen MR) is 156 cm³/mol. The van der Waals surface area contributed by atoms with Crippen molar-refractivity contribution in [3.63, 3.8) is 0 Å². The molecule has 1 unspecified atom stereocenters. The average molecular weight is 495 g/mol. The monoisotopic (exact) mass is 495 g/mol. The zero-order chi connectivity index (χ0) is 25.7. The number of esters is 1. The van der Waals surface area contributed by atoms with E-state index in [1.54, 1.807) is 0 Å². The van der Waals surface area contributed by atoms with Crippen LogP contribution in [0.3, 0.4) is 0 Å². The number of hydrogen-bond acceptors (Lipinski definition) is 2. The SMILES string of the molecule is CCCCCCCCCCCCCCCCCC(CCCCCCCCCCCC)OC(=O)CC. The van der Waals surface area contributed by atoms with Gasteiger partial charge in [0.2, 0.25) is 0 Å². The van der Waals surface area contributed by atoms with Gasteiger partial charge in [-0.25, -0.2) is 0 Å². The highest BCUT2D eigenvalue weighted by atomic mass is 16.5. The van der Waals surface area contributed by atoms with Crippen molar-refractivity contribution >= 4 is 5.97 Å². The Balaban J connectivity index is 3.59. The number of hydrogen-bond donors (Lipinski definition) is 0. The minimum absolute atomic E-state index is 0.0111. The highest BCUT2D eigenvalue weighted by molar-refractivity contribution is 5.69. The van der Waals surface area contributed by atoms with Gasteiger partial charge >= 0.3 is 5.97 Å². The van der Waals surface area contributed by atoms with Crippen LogP contribution in [0, 0.1) is 0 Å². The maximum atomic E-state index is 11.8. The van der Waals surface area contributed by atoms with Crippen molar-refractivity contribution in [3.8, 4) is 0 Å². The van der Waals surface area contributed by atoms with Crippen molar-refractivity contribution in [3.05, 3.63) is 0 Å². The molecule has 210 valence electrons. The number of carbonyl (C=O) groups excluding carboxylic acids is 1. The first-order valence-corrected chi connectivity index (χ1v) is 16.4. The van der Waals surface area contributed by atoms with Gasteiger partial charge in [0.15, 0.2) is 0 Å². The number of unbranched alkanes of at least 4 members (excludes halogenated alkanes) is 23. The summed E-state index contributed by atoms with van der Waals surface area (Å²) in [6, 6.07) is 0. The van der Waals surface area contributed by atoms with E-state index in [0.717, 1.165) is 12.8 Å². The molecule has 0 aliphatic rings. The molecular formula is C33H66O2. The molecule has 0 bridgehead atoms. The fraction of sp³-hybridized carbons (Fsp3) is 0.970. The molecule has 0 aliphatic heterocycles. The van der Waals surface area contributed by atoms with Crippen LogP contribution in [-0.4, -0.2) is 12.1 Å². The van der Waals surface area contributed by atoms with Crippen molar-refractivity contribution in [1.29, 1.82) is 0 Å². The lowest BCUT2D eigenvalue weighted by Crippen LogP contribution is -2.17. The molecule has 1 atom stereocenters. The number of ether oxygens (including phenoxy) is 1. The summed E-state index contributed by atoms with van der Waals surface area (Å²) in [6.45, 7) is 6.49. The highest BCUT2D eigenvalue weighted by Crippen LogP contribution is 2.18. The molecule has 0 aliphatic carbocycles. The third kappa shape index (κ3) is 27.9. The summed E-state index contributed by atoms with van der Waals surface area (Å²) in [5.74, 6) is -0.0111. The first-order chi connectivity index (χ1) is 17.2. The lowest BCUT2D eigenvalue weighted by molar-refractivity contribution is -0.149. The van der Waals surface area contributed by atoms with Gasteiger partial charge in [0, 0.05) is 6.42 Å². The Morgan fingerprint density at radius 3 is 0.943 bits per heavy atom. The van der Waals surface area contributed by atoms with Gasteiger partial charge < -0.3 is 4.74 Å². The Hall–Kier alpha value is -0.530. The highest BCUT2D eigenvalue weighted by Gasteiger charge is 2.13. The Kier molecular flexibility index (Phi) is 29.2. The summed E-state index contributed by atoms with van der Waals surface area (Å²) in [5, 5.41) is 0. The smallest absolute Gasteiger partial charge is 0.305 e. The van der Waals surface area contributed by atoms with Crippen molar-refractivity contribution in [2.45, 2.75) is 207 Å². The summed E-state index contributed by atoms with van der Waals surface area (Å²) < 4.78 is 5.76. The van der Waals surface area contributed by atoms with Crippen LogP contribution in [0.2, 0.25) is 0 Å². The Labute approximate surface area is 222 Å². The Morgan fingerprint density at radius 1 is 0.429 bits per heavy atom. The van der Waals surface area contributed by atoms with Crippen LogP contribution in [-0.2, 0) is 9.53 Å². The van der Waals surface area contributed by atoms with Crippen LogP contribution >= 0.6 is 0 Å². The van der Waals surface area contributed by atoms with Gasteiger partial charge in [-0.1, -0.05) is 168 Å². The molecule has 0 heterocycles. The van der Waals surface area contributed by atoms with E-state index < -0.39 is 0 Å². The molecule has 35 heavy (non-hydrogen) atoms. The van der Waals surface area contributed by atoms with E-state index in [4.69, 9.17) is 4.74 Å². The summed E-state index contributed by atoms with van der Waals surface area (Å²) in [4.78, 5) is 11.8. The van der Waals surface area contributed by atoms with E-state index in [1.165, 1.54) is 161 Å². The molecule has 0 saturated heterocycles. The zero-order valence-corrected chi connectivity index (χ0v) is 24.7. The fourth-order valence-corrected chi connectivity index (χ4v) is 5.13. The molecule has 0 aromatic rings. The third-order valence-electron chi connectivity index (χ3n) is 7.60. The maximum absolute atomic E-state index is 11.8. The predicted octanol–water partition coefficient (Wildman–Crippen LogP) is 11.9. The minimum atomic E-state index is -0.0111. The van der Waals surface area contributed by atoms with E-state index in [0.29, 0.717) is 6.42 Å². The summed E-state index contributed by atoms with van der Waals surface area (Å²) in [6.07, 6.45) is 37.4. The molecular weight excluding hydrogens is 428 g/mol. The first kappa shape index (κ1) is 34.5. The van der Waals surface area contributed by atoms with Crippen molar-refractivity contribution < 1.29 is 9.53 Å². The summed E-state index contributed by atoms with van der Waals surface area (Å²) in [7, 11) is 0. The average Bonchev–Trinajstić information content (AvgIpc) is 2.87. The number of carbonyl (C=O) groups is 1. The van der Waals surface area contributed by atoms with Crippen LogP contribution in [0.15, 0.2) is 0 Å². The fourth-order valence-electron chi connectivity index (χ4n) is 5.13. The van der Waals surface area contributed by atoms with E-state index in [2.05, 4.69) is 13.8 Å². The Morgan fingerprint density at radius 2 is 0.686 bits per heavy atom. The van der Waals surface area contributed by atoms with Gasteiger partial charge in [0.05, 0.1) is 0 Å². The van der Waals surface area contributed by atoms with Crippen LogP contribution in [0.5, 0.6) is 0 Å². The van der Waals surface area contributed by atoms with Gasteiger partial charge in [-0.3, -0.25) is 4.79 Å². The van der Waals surface area contributed by atoms with Gasteiger partial charge in [-0.15, -0.1) is 0 Å². The quantitative estimate of drug-likeness (QED) is 0.0763. The molecule has 0 N–H and O–H groups in total. The topological polar surface area (TPSA) is 26.3 Å². The molecule has 0 fully saturated rings. The normalized spacial score (nSPS) is 12.2. The van der Waals surface area contributed by atoms with E-state index in [1.807, 2.05) is 6.92 Å². The van der Waals surface area contributed by atoms with Crippen molar-refractivity contribution in [2.24, 2.45) is 0 Å². The molecule has 2 heteroatoms. The van der Waals surface area contributed by atoms with Gasteiger partial charge in [-0.2, -0.15) is 0 Å². The lowest BCUT2D eigenvalue weighted by Gasteiger charge is -2.17. The molecule has 0 rings (SSSR count). The third-order valence-corrected chi connectivity index (χ3v) is 7.60. The van der Waals surface area contributed by atoms with Crippen LogP contribution in [0.1, 0.15) is 201 Å². The molecule has 0 aromatic heterocycles. The first-order valence-electron chi connectivity index (χ1n) is 16.4. The molecule has 2 nitrogen and oxygen atoms in total. The second-order valence-corrected chi connectivity index (χ2v) is 11.2. The van der Waals surface area contributed by atoms with Crippen LogP contribution in [0.25, 0.3) is 0 Å². The van der Waals surface area contributed by atoms with E-state index >= 15 is 0 Å². The second-order valence-electron chi connectivity index (χ2n) is 11.2. The maximum Gasteiger partial charge on any atom is 0.305 e. The van der Waals surface area contributed by atoms with E-state index in [9.17, 15) is 4.79 Å². The number of rotatable bonds is 29. The standard InChI is InChI=1S/C33H66O2/c1-4-7-9-11-13-15-17-18-19-20-21-23-25-27-29-31-32(35-33(34)6-3)30-28-26-24-22-16-14-12-10-8-5-2/h32H,4-31H2,1-3H3. The van der Waals surface area contributed by atoms with Crippen molar-refractivity contribution in [1.82, 2.24) is 0 Å². The lowest BCUT2D eigenvalue weighted by atomic mass is 10.0. The minimum Gasteiger partial charge on any atom is -0.462 e. The van der Waals surface area contributed by atoms with Crippen LogP contribution in [0.4, 0.5) is 0 Å².